The summed E-state index contributed by atoms with van der Waals surface area (Å²) in [7, 11) is 0. The van der Waals surface area contributed by atoms with Crippen LogP contribution in [-0.2, 0) is 11.2 Å². The third-order valence-electron chi connectivity index (χ3n) is 4.09. The molecule has 0 saturated heterocycles. The van der Waals surface area contributed by atoms with Crippen molar-refractivity contribution in [2.45, 2.75) is 27.2 Å². The van der Waals surface area contributed by atoms with Gasteiger partial charge in [0.1, 0.15) is 0 Å². The Morgan fingerprint density at radius 3 is 2.32 bits per heavy atom. The van der Waals surface area contributed by atoms with E-state index in [9.17, 15) is 9.59 Å². The second-order valence-electron chi connectivity index (χ2n) is 6.55. The lowest BCUT2D eigenvalue weighted by atomic mass is 10.1. The van der Waals surface area contributed by atoms with Crippen LogP contribution in [-0.4, -0.2) is 28.5 Å². The molecule has 2 N–H and O–H groups in total. The van der Waals surface area contributed by atoms with Crippen LogP contribution in [0.15, 0.2) is 47.0 Å². The maximum Gasteiger partial charge on any atom is 0.251 e. The first-order valence-corrected chi connectivity index (χ1v) is 9.04. The van der Waals surface area contributed by atoms with Gasteiger partial charge in [-0.2, -0.15) is 4.98 Å². The molecule has 0 bridgehead atoms. The van der Waals surface area contributed by atoms with Gasteiger partial charge in [0.2, 0.25) is 17.6 Å². The van der Waals surface area contributed by atoms with Crippen molar-refractivity contribution in [3.05, 3.63) is 65.0 Å². The Bertz CT molecular complexity index is 973. The molecule has 3 aromatic rings. The van der Waals surface area contributed by atoms with E-state index in [1.807, 2.05) is 39.0 Å². The third kappa shape index (κ3) is 4.82. The number of hydrogen-bond donors (Lipinski definition) is 2. The predicted octanol–water partition coefficient (Wildman–Crippen LogP) is 3.28. The summed E-state index contributed by atoms with van der Waals surface area (Å²) in [5.41, 5.74) is 4.04. The van der Waals surface area contributed by atoms with Crippen LogP contribution < -0.4 is 10.6 Å². The standard InChI is InChI=1S/C21H22N4O3/c1-4-19-24-20(25-28-19)15-5-7-16(8-6-15)21(27)22-12-18(26)23-17-10-13(2)9-14(3)11-17/h5-11H,4,12H2,1-3H3,(H,22,27)(H,23,26). The van der Waals surface area contributed by atoms with Crippen molar-refractivity contribution in [2.75, 3.05) is 11.9 Å². The third-order valence-corrected chi connectivity index (χ3v) is 4.09. The molecule has 28 heavy (non-hydrogen) atoms. The number of aryl methyl sites for hydroxylation is 3. The summed E-state index contributed by atoms with van der Waals surface area (Å²) in [6.07, 6.45) is 0.664. The van der Waals surface area contributed by atoms with Crippen LogP contribution in [0.25, 0.3) is 11.4 Å². The van der Waals surface area contributed by atoms with Crippen LogP contribution in [0.5, 0.6) is 0 Å². The lowest BCUT2D eigenvalue weighted by Crippen LogP contribution is -2.32. The molecule has 0 aliphatic heterocycles. The number of benzene rings is 2. The number of carbonyl (C=O) groups is 2. The van der Waals surface area contributed by atoms with E-state index in [1.54, 1.807) is 24.3 Å². The van der Waals surface area contributed by atoms with Gasteiger partial charge >= 0.3 is 0 Å². The van der Waals surface area contributed by atoms with E-state index >= 15 is 0 Å². The molecule has 1 aromatic heterocycles. The second kappa shape index (κ2) is 8.47. The van der Waals surface area contributed by atoms with Gasteiger partial charge in [0.05, 0.1) is 6.54 Å². The molecule has 7 heteroatoms. The smallest absolute Gasteiger partial charge is 0.251 e. The molecule has 0 atom stereocenters. The maximum absolute atomic E-state index is 12.3. The fraction of sp³-hybridized carbons (Fsp3) is 0.238. The van der Waals surface area contributed by atoms with E-state index in [-0.39, 0.29) is 18.4 Å². The minimum absolute atomic E-state index is 0.113. The first-order valence-electron chi connectivity index (χ1n) is 9.04. The molecule has 144 valence electrons. The van der Waals surface area contributed by atoms with Gasteiger partial charge in [0, 0.05) is 23.2 Å². The monoisotopic (exact) mass is 378 g/mol. The van der Waals surface area contributed by atoms with Crippen LogP contribution in [0.4, 0.5) is 5.69 Å². The van der Waals surface area contributed by atoms with E-state index in [2.05, 4.69) is 20.8 Å². The van der Waals surface area contributed by atoms with Crippen molar-refractivity contribution >= 4 is 17.5 Å². The van der Waals surface area contributed by atoms with E-state index < -0.39 is 0 Å². The summed E-state index contributed by atoms with van der Waals surface area (Å²) in [6, 6.07) is 12.6. The molecule has 0 unspecified atom stereocenters. The molecule has 0 fully saturated rings. The van der Waals surface area contributed by atoms with Gasteiger partial charge in [-0.15, -0.1) is 0 Å². The van der Waals surface area contributed by atoms with Gasteiger partial charge in [0.15, 0.2) is 0 Å². The largest absolute Gasteiger partial charge is 0.343 e. The Hall–Kier alpha value is -3.48. The lowest BCUT2D eigenvalue weighted by Gasteiger charge is -2.09. The van der Waals surface area contributed by atoms with E-state index in [0.29, 0.717) is 29.4 Å². The number of aromatic nitrogens is 2. The highest BCUT2D eigenvalue weighted by atomic mass is 16.5. The zero-order valence-corrected chi connectivity index (χ0v) is 16.1. The van der Waals surface area contributed by atoms with E-state index in [1.165, 1.54) is 0 Å². The van der Waals surface area contributed by atoms with E-state index in [4.69, 9.17) is 4.52 Å². The van der Waals surface area contributed by atoms with Gasteiger partial charge in [-0.05, 0) is 49.2 Å². The average Bonchev–Trinajstić information content (AvgIpc) is 3.14. The van der Waals surface area contributed by atoms with Crippen molar-refractivity contribution < 1.29 is 14.1 Å². The quantitative estimate of drug-likeness (QED) is 0.686. The van der Waals surface area contributed by atoms with Gasteiger partial charge in [0.25, 0.3) is 5.91 Å². The van der Waals surface area contributed by atoms with Gasteiger partial charge in [-0.25, -0.2) is 0 Å². The zero-order chi connectivity index (χ0) is 20.1. The highest BCUT2D eigenvalue weighted by molar-refractivity contribution is 5.99. The maximum atomic E-state index is 12.3. The molecule has 7 nitrogen and oxygen atoms in total. The zero-order valence-electron chi connectivity index (χ0n) is 16.1. The Labute approximate surface area is 163 Å². The molecule has 0 saturated carbocycles. The molecule has 1 heterocycles. The molecular formula is C21H22N4O3. The highest BCUT2D eigenvalue weighted by Gasteiger charge is 2.11. The van der Waals surface area contributed by atoms with Crippen molar-refractivity contribution in [2.24, 2.45) is 0 Å². The van der Waals surface area contributed by atoms with Crippen molar-refractivity contribution in [1.82, 2.24) is 15.5 Å². The molecule has 2 amide bonds. The normalized spacial score (nSPS) is 10.5. The number of carbonyl (C=O) groups excluding carboxylic acids is 2. The molecule has 0 aliphatic carbocycles. The molecule has 3 rings (SSSR count). The summed E-state index contributed by atoms with van der Waals surface area (Å²) in [5.74, 6) is 0.432. The first-order chi connectivity index (χ1) is 13.4. The number of amides is 2. The van der Waals surface area contributed by atoms with Crippen LogP contribution in [0.3, 0.4) is 0 Å². The van der Waals surface area contributed by atoms with E-state index in [0.717, 1.165) is 16.7 Å². The summed E-state index contributed by atoms with van der Waals surface area (Å²) >= 11 is 0. The number of anilines is 1. The minimum atomic E-state index is -0.329. The van der Waals surface area contributed by atoms with Crippen molar-refractivity contribution in [1.29, 1.82) is 0 Å². The van der Waals surface area contributed by atoms with Crippen molar-refractivity contribution in [3.63, 3.8) is 0 Å². The number of nitrogens with one attached hydrogen (secondary N) is 2. The molecule has 0 aliphatic rings. The number of nitrogens with zero attached hydrogens (tertiary/aromatic N) is 2. The topological polar surface area (TPSA) is 97.1 Å². The van der Waals surface area contributed by atoms with Crippen LogP contribution in [0.2, 0.25) is 0 Å². The summed E-state index contributed by atoms with van der Waals surface area (Å²) in [6.45, 7) is 5.75. The predicted molar refractivity (Wildman–Crippen MR) is 106 cm³/mol. The Kier molecular flexibility index (Phi) is 5.84. The molecule has 2 aromatic carbocycles. The average molecular weight is 378 g/mol. The molecule has 0 radical (unpaired) electrons. The lowest BCUT2D eigenvalue weighted by molar-refractivity contribution is -0.115. The number of hydrogen-bond acceptors (Lipinski definition) is 5. The van der Waals surface area contributed by atoms with Crippen LogP contribution in [0.1, 0.15) is 34.3 Å². The van der Waals surface area contributed by atoms with Crippen molar-refractivity contribution in [3.8, 4) is 11.4 Å². The van der Waals surface area contributed by atoms with Crippen LogP contribution in [0, 0.1) is 13.8 Å². The van der Waals surface area contributed by atoms with Gasteiger partial charge in [-0.1, -0.05) is 30.3 Å². The highest BCUT2D eigenvalue weighted by Crippen LogP contribution is 2.17. The van der Waals surface area contributed by atoms with Crippen LogP contribution >= 0.6 is 0 Å². The summed E-state index contributed by atoms with van der Waals surface area (Å²) in [5, 5.41) is 9.31. The Balaban J connectivity index is 1.56. The Morgan fingerprint density at radius 1 is 1.04 bits per heavy atom. The SMILES string of the molecule is CCc1nc(-c2ccc(C(=O)NCC(=O)Nc3cc(C)cc(C)c3)cc2)no1. The fourth-order valence-corrected chi connectivity index (χ4v) is 2.80. The summed E-state index contributed by atoms with van der Waals surface area (Å²) < 4.78 is 5.09. The summed E-state index contributed by atoms with van der Waals surface area (Å²) in [4.78, 5) is 28.6. The number of rotatable bonds is 6. The second-order valence-corrected chi connectivity index (χ2v) is 6.55. The Morgan fingerprint density at radius 2 is 1.71 bits per heavy atom. The fourth-order valence-electron chi connectivity index (χ4n) is 2.80. The minimum Gasteiger partial charge on any atom is -0.343 e. The van der Waals surface area contributed by atoms with Gasteiger partial charge < -0.3 is 15.2 Å². The first kappa shape index (κ1) is 19.3. The molecular weight excluding hydrogens is 356 g/mol. The van der Waals surface area contributed by atoms with Gasteiger partial charge in [-0.3, -0.25) is 9.59 Å². The molecule has 0 spiro atoms.